The van der Waals surface area contributed by atoms with E-state index in [0.29, 0.717) is 31.1 Å². The fourth-order valence-electron chi connectivity index (χ4n) is 2.35. The van der Waals surface area contributed by atoms with Gasteiger partial charge in [0.15, 0.2) is 0 Å². The number of carbonyl (C=O) groups excluding carboxylic acids is 1. The maximum Gasteiger partial charge on any atom is 0.254 e. The number of morpholine rings is 1. The number of nitrogens with zero attached hydrogens (tertiary/aromatic N) is 2. The summed E-state index contributed by atoms with van der Waals surface area (Å²) in [6.07, 6.45) is 1.88. The van der Waals surface area contributed by atoms with Crippen LogP contribution in [0.2, 0.25) is 0 Å². The Hall–Kier alpha value is -1.66. The maximum absolute atomic E-state index is 12.5. The number of aryl methyl sites for hydroxylation is 1. The number of amides is 1. The van der Waals surface area contributed by atoms with Gasteiger partial charge in [-0.3, -0.25) is 4.79 Å². The predicted octanol–water partition coefficient (Wildman–Crippen LogP) is 1.18. The Morgan fingerprint density at radius 2 is 2.40 bits per heavy atom. The van der Waals surface area contributed by atoms with Gasteiger partial charge in [-0.05, 0) is 25.5 Å². The molecule has 20 heavy (non-hydrogen) atoms. The molecule has 1 aromatic rings. The van der Waals surface area contributed by atoms with Gasteiger partial charge in [0, 0.05) is 24.3 Å². The number of pyridine rings is 1. The molecule has 0 aromatic carbocycles. The van der Waals surface area contributed by atoms with Gasteiger partial charge in [0.25, 0.3) is 5.91 Å². The monoisotopic (exact) mass is 278 g/mol. The molecule has 2 heterocycles. The Morgan fingerprint density at radius 1 is 1.60 bits per heavy atom. The number of ether oxygens (including phenoxy) is 1. The molecular formula is C14H22N4O2. The summed E-state index contributed by atoms with van der Waals surface area (Å²) in [6.45, 7) is 5.88. The number of carbonyl (C=O) groups is 1. The molecule has 0 aliphatic carbocycles. The Labute approximate surface area is 119 Å². The first-order valence-corrected chi connectivity index (χ1v) is 7.02. The molecule has 1 atom stereocenters. The van der Waals surface area contributed by atoms with Crippen LogP contribution in [0, 0.1) is 0 Å². The molecule has 1 aliphatic heterocycles. The van der Waals surface area contributed by atoms with Crippen LogP contribution in [0.15, 0.2) is 12.1 Å². The summed E-state index contributed by atoms with van der Waals surface area (Å²) < 4.78 is 5.46. The van der Waals surface area contributed by atoms with Gasteiger partial charge in [0.2, 0.25) is 0 Å². The van der Waals surface area contributed by atoms with Crippen LogP contribution in [0.3, 0.4) is 0 Å². The molecule has 1 saturated heterocycles. The van der Waals surface area contributed by atoms with Crippen LogP contribution >= 0.6 is 0 Å². The van der Waals surface area contributed by atoms with Gasteiger partial charge in [-0.25, -0.2) is 10.8 Å². The smallest absolute Gasteiger partial charge is 0.254 e. The lowest BCUT2D eigenvalue weighted by Crippen LogP contribution is -2.44. The van der Waals surface area contributed by atoms with Gasteiger partial charge in [-0.2, -0.15) is 0 Å². The van der Waals surface area contributed by atoms with Crippen LogP contribution in [0.25, 0.3) is 0 Å². The molecule has 0 radical (unpaired) electrons. The second kappa shape index (κ2) is 6.67. The standard InChI is InChI=1S/C14H22N4O2/c1-3-4-12-7-11(8-13(16-12)17-15)14(19)18-5-6-20-10(2)9-18/h7-8,10H,3-6,9,15H2,1-2H3,(H,16,17). The van der Waals surface area contributed by atoms with E-state index in [4.69, 9.17) is 10.6 Å². The lowest BCUT2D eigenvalue weighted by molar-refractivity contribution is -0.0124. The second-order valence-electron chi connectivity index (χ2n) is 5.06. The number of hydrogen-bond acceptors (Lipinski definition) is 5. The first-order chi connectivity index (χ1) is 9.63. The Balaban J connectivity index is 2.21. The number of rotatable bonds is 4. The summed E-state index contributed by atoms with van der Waals surface area (Å²) in [5, 5.41) is 0. The number of anilines is 1. The lowest BCUT2D eigenvalue weighted by atomic mass is 10.1. The third-order valence-corrected chi connectivity index (χ3v) is 3.31. The van der Waals surface area contributed by atoms with Crippen molar-refractivity contribution in [2.75, 3.05) is 25.1 Å². The molecule has 0 saturated carbocycles. The van der Waals surface area contributed by atoms with E-state index in [0.717, 1.165) is 18.5 Å². The van der Waals surface area contributed by atoms with Crippen molar-refractivity contribution in [3.8, 4) is 0 Å². The number of nitrogens with one attached hydrogen (secondary N) is 1. The summed E-state index contributed by atoms with van der Waals surface area (Å²) in [7, 11) is 0. The highest BCUT2D eigenvalue weighted by Gasteiger charge is 2.23. The van der Waals surface area contributed by atoms with Gasteiger partial charge < -0.3 is 15.1 Å². The molecule has 6 heteroatoms. The molecule has 110 valence electrons. The van der Waals surface area contributed by atoms with Gasteiger partial charge in [-0.15, -0.1) is 0 Å². The number of nitrogens with two attached hydrogens (primary N) is 1. The predicted molar refractivity (Wildman–Crippen MR) is 77.4 cm³/mol. The topological polar surface area (TPSA) is 80.5 Å². The van der Waals surface area contributed by atoms with E-state index >= 15 is 0 Å². The van der Waals surface area contributed by atoms with E-state index in [2.05, 4.69) is 17.3 Å². The molecule has 3 N–H and O–H groups in total. The molecule has 0 bridgehead atoms. The van der Waals surface area contributed by atoms with Crippen LogP contribution in [0.1, 0.15) is 36.3 Å². The molecule has 1 aliphatic rings. The Kier molecular flexibility index (Phi) is 4.92. The van der Waals surface area contributed by atoms with Crippen molar-refractivity contribution in [3.05, 3.63) is 23.4 Å². The minimum atomic E-state index is 0.0106. The molecule has 1 unspecified atom stereocenters. The van der Waals surface area contributed by atoms with Crippen molar-refractivity contribution in [2.24, 2.45) is 5.84 Å². The summed E-state index contributed by atoms with van der Waals surface area (Å²) in [5.41, 5.74) is 4.04. The number of hydrazine groups is 1. The molecule has 2 rings (SSSR count). The van der Waals surface area contributed by atoms with Crippen molar-refractivity contribution in [2.45, 2.75) is 32.8 Å². The van der Waals surface area contributed by atoms with Gasteiger partial charge in [0.05, 0.1) is 12.7 Å². The number of nitrogen functional groups attached to an aromatic ring is 1. The van der Waals surface area contributed by atoms with Gasteiger partial charge in [-0.1, -0.05) is 13.3 Å². The summed E-state index contributed by atoms with van der Waals surface area (Å²) >= 11 is 0. The van der Waals surface area contributed by atoms with E-state index in [1.54, 1.807) is 6.07 Å². The zero-order chi connectivity index (χ0) is 14.5. The third-order valence-electron chi connectivity index (χ3n) is 3.31. The lowest BCUT2D eigenvalue weighted by Gasteiger charge is -2.31. The molecule has 6 nitrogen and oxygen atoms in total. The van der Waals surface area contributed by atoms with E-state index in [-0.39, 0.29) is 12.0 Å². The molecule has 1 fully saturated rings. The first-order valence-electron chi connectivity index (χ1n) is 7.02. The zero-order valence-corrected chi connectivity index (χ0v) is 12.1. The minimum Gasteiger partial charge on any atom is -0.375 e. The first kappa shape index (κ1) is 14.7. The van der Waals surface area contributed by atoms with Crippen LogP contribution < -0.4 is 11.3 Å². The number of aromatic nitrogens is 1. The molecule has 1 aromatic heterocycles. The normalized spacial score (nSPS) is 18.9. The van der Waals surface area contributed by atoms with Crippen LogP contribution in [0.4, 0.5) is 5.82 Å². The van der Waals surface area contributed by atoms with Crippen molar-refractivity contribution < 1.29 is 9.53 Å². The zero-order valence-electron chi connectivity index (χ0n) is 12.1. The summed E-state index contributed by atoms with van der Waals surface area (Å²) in [5.74, 6) is 5.97. The van der Waals surface area contributed by atoms with E-state index in [1.807, 2.05) is 17.9 Å². The second-order valence-corrected chi connectivity index (χ2v) is 5.06. The highest BCUT2D eigenvalue weighted by atomic mass is 16.5. The van der Waals surface area contributed by atoms with Gasteiger partial charge in [0.1, 0.15) is 5.82 Å². The van der Waals surface area contributed by atoms with Crippen LogP contribution in [-0.2, 0) is 11.2 Å². The quantitative estimate of drug-likeness (QED) is 0.638. The van der Waals surface area contributed by atoms with E-state index in [1.165, 1.54) is 0 Å². The Bertz CT molecular complexity index is 478. The SMILES string of the molecule is CCCc1cc(C(=O)N2CCOC(C)C2)cc(NN)n1. The average molecular weight is 278 g/mol. The van der Waals surface area contributed by atoms with Crippen molar-refractivity contribution in [3.63, 3.8) is 0 Å². The molecule has 1 amide bonds. The molecule has 0 spiro atoms. The minimum absolute atomic E-state index is 0.0106. The average Bonchev–Trinajstić information content (AvgIpc) is 2.46. The summed E-state index contributed by atoms with van der Waals surface area (Å²) in [6, 6.07) is 3.55. The largest absolute Gasteiger partial charge is 0.375 e. The van der Waals surface area contributed by atoms with Crippen molar-refractivity contribution in [1.29, 1.82) is 0 Å². The third kappa shape index (κ3) is 3.46. The fourth-order valence-corrected chi connectivity index (χ4v) is 2.35. The fraction of sp³-hybridized carbons (Fsp3) is 0.571. The molecular weight excluding hydrogens is 256 g/mol. The van der Waals surface area contributed by atoms with Crippen LogP contribution in [-0.4, -0.2) is 41.6 Å². The summed E-state index contributed by atoms with van der Waals surface area (Å²) in [4.78, 5) is 18.7. The van der Waals surface area contributed by atoms with E-state index < -0.39 is 0 Å². The van der Waals surface area contributed by atoms with Crippen molar-refractivity contribution >= 4 is 11.7 Å². The highest BCUT2D eigenvalue weighted by Crippen LogP contribution is 2.15. The van der Waals surface area contributed by atoms with Crippen LogP contribution in [0.5, 0.6) is 0 Å². The number of hydrogen-bond donors (Lipinski definition) is 2. The van der Waals surface area contributed by atoms with Gasteiger partial charge >= 0.3 is 0 Å². The van der Waals surface area contributed by atoms with Crippen molar-refractivity contribution in [1.82, 2.24) is 9.88 Å². The Morgan fingerprint density at radius 3 is 3.05 bits per heavy atom. The maximum atomic E-state index is 12.5. The van der Waals surface area contributed by atoms with E-state index in [9.17, 15) is 4.79 Å². The highest BCUT2D eigenvalue weighted by molar-refractivity contribution is 5.95.